The highest BCUT2D eigenvalue weighted by atomic mass is 16.6. The monoisotopic (exact) mass is 476 g/mol. The van der Waals surface area contributed by atoms with E-state index in [1.54, 1.807) is 0 Å². The van der Waals surface area contributed by atoms with Gasteiger partial charge in [-0.1, -0.05) is 0 Å². The average Bonchev–Trinajstić information content (AvgIpc) is 2.63. The van der Waals surface area contributed by atoms with Crippen LogP contribution in [0.4, 0.5) is 0 Å². The molecule has 2 fully saturated rings. The van der Waals surface area contributed by atoms with E-state index >= 15 is 0 Å². The van der Waals surface area contributed by atoms with Gasteiger partial charge in [0.25, 0.3) is 0 Å². The van der Waals surface area contributed by atoms with Crippen LogP contribution in [0.15, 0.2) is 0 Å². The number of aliphatic carboxylic acids is 2. The Kier molecular flexibility index (Phi) is 10.2. The molecule has 12 nitrogen and oxygen atoms in total. The van der Waals surface area contributed by atoms with E-state index in [0.717, 1.165) is 0 Å². The molecule has 2 aliphatic rings. The van der Waals surface area contributed by atoms with E-state index in [4.69, 9.17) is 29.2 Å². The largest absolute Gasteiger partial charge is 0.481 e. The molecule has 2 saturated heterocycles. The summed E-state index contributed by atoms with van der Waals surface area (Å²) in [7, 11) is 0. The minimum absolute atomic E-state index is 0.0465. The van der Waals surface area contributed by atoms with Gasteiger partial charge in [0.2, 0.25) is 0 Å². The van der Waals surface area contributed by atoms with Gasteiger partial charge in [0.05, 0.1) is 44.0 Å². The number of cyclic esters (lactones) is 1. The fraction of sp³-hybridized carbons (Fsp3) is 0.810. The van der Waals surface area contributed by atoms with Gasteiger partial charge in [-0.25, -0.2) is 0 Å². The zero-order valence-electron chi connectivity index (χ0n) is 18.4. The van der Waals surface area contributed by atoms with Crippen LogP contribution in [0, 0.1) is 0 Å². The molecule has 4 N–H and O–H groups in total. The maximum atomic E-state index is 11.8. The Balaban J connectivity index is 1.54. The lowest BCUT2D eigenvalue weighted by Gasteiger charge is -2.35. The maximum absolute atomic E-state index is 11.8. The number of carboxylic acids is 2. The van der Waals surface area contributed by atoms with Gasteiger partial charge in [-0.2, -0.15) is 0 Å². The van der Waals surface area contributed by atoms with Crippen molar-refractivity contribution in [2.45, 2.75) is 81.4 Å². The molecule has 2 aliphatic heterocycles. The zero-order valence-corrected chi connectivity index (χ0v) is 18.4. The van der Waals surface area contributed by atoms with E-state index in [-0.39, 0.29) is 44.7 Å². The van der Waals surface area contributed by atoms with Crippen molar-refractivity contribution in [1.82, 2.24) is 0 Å². The molecule has 4 atom stereocenters. The molecular weight excluding hydrogens is 444 g/mol. The molecule has 2 rings (SSSR count). The molecule has 0 spiro atoms. The number of carboxylic acid groups (broad SMARTS) is 2. The molecular formula is C21H32O12. The van der Waals surface area contributed by atoms with Gasteiger partial charge < -0.3 is 39.4 Å². The Morgan fingerprint density at radius 2 is 1.52 bits per heavy atom. The molecule has 0 radical (unpaired) electrons. The third-order valence-electron chi connectivity index (χ3n) is 5.35. The molecule has 0 aromatic heterocycles. The molecule has 0 amide bonds. The topological polar surface area (TPSA) is 186 Å². The van der Waals surface area contributed by atoms with E-state index in [9.17, 15) is 29.4 Å². The molecule has 0 aliphatic carbocycles. The van der Waals surface area contributed by atoms with Crippen molar-refractivity contribution in [1.29, 1.82) is 0 Å². The van der Waals surface area contributed by atoms with Gasteiger partial charge in [0.1, 0.15) is 11.9 Å². The lowest BCUT2D eigenvalue weighted by molar-refractivity contribution is -0.250. The minimum Gasteiger partial charge on any atom is -0.481 e. The molecule has 0 aromatic rings. The summed E-state index contributed by atoms with van der Waals surface area (Å²) < 4.78 is 21.5. The molecule has 0 aromatic carbocycles. The second-order valence-corrected chi connectivity index (χ2v) is 8.62. The van der Waals surface area contributed by atoms with Crippen molar-refractivity contribution in [3.05, 3.63) is 0 Å². The van der Waals surface area contributed by atoms with Crippen molar-refractivity contribution >= 4 is 23.7 Å². The first kappa shape index (κ1) is 27.1. The van der Waals surface area contributed by atoms with E-state index in [1.165, 1.54) is 0 Å². The lowest BCUT2D eigenvalue weighted by atomic mass is 9.86. The number of hydrogen-bond acceptors (Lipinski definition) is 10. The molecule has 33 heavy (non-hydrogen) atoms. The number of ether oxygens (including phenoxy) is 4. The van der Waals surface area contributed by atoms with Crippen LogP contribution < -0.4 is 0 Å². The van der Waals surface area contributed by atoms with Crippen LogP contribution in [0.25, 0.3) is 0 Å². The Morgan fingerprint density at radius 3 is 2.12 bits per heavy atom. The normalized spacial score (nSPS) is 30.1. The standard InChI is InChI=1S/C21H32O12/c22-14-8-15(33-21(29,9-14)12-18(25)26)2-6-30-4-1-5-31-7-3-16-10-20(28,11-17(23)24)13-19(27)32-16/h15-16,28-29H,1-13H2,(H,23,24)(H,25,26). The molecule has 0 bridgehead atoms. The highest BCUT2D eigenvalue weighted by Crippen LogP contribution is 2.30. The Morgan fingerprint density at radius 1 is 0.909 bits per heavy atom. The third-order valence-corrected chi connectivity index (χ3v) is 5.35. The minimum atomic E-state index is -1.98. The van der Waals surface area contributed by atoms with Crippen LogP contribution in [0.3, 0.4) is 0 Å². The summed E-state index contributed by atoms with van der Waals surface area (Å²) in [6.45, 7) is 1.27. The lowest BCUT2D eigenvalue weighted by Crippen LogP contribution is -2.46. The fourth-order valence-corrected chi connectivity index (χ4v) is 4.04. The van der Waals surface area contributed by atoms with Crippen LogP contribution in [0.2, 0.25) is 0 Å². The fourth-order valence-electron chi connectivity index (χ4n) is 4.04. The van der Waals surface area contributed by atoms with E-state index < -0.39 is 54.3 Å². The summed E-state index contributed by atoms with van der Waals surface area (Å²) in [4.78, 5) is 45.1. The van der Waals surface area contributed by atoms with Crippen molar-refractivity contribution < 1.29 is 58.6 Å². The maximum Gasteiger partial charge on any atom is 0.309 e. The van der Waals surface area contributed by atoms with Crippen molar-refractivity contribution in [2.24, 2.45) is 0 Å². The molecule has 4 unspecified atom stereocenters. The van der Waals surface area contributed by atoms with Crippen LogP contribution >= 0.6 is 0 Å². The number of aliphatic hydroxyl groups is 2. The van der Waals surface area contributed by atoms with Gasteiger partial charge in [0.15, 0.2) is 5.79 Å². The van der Waals surface area contributed by atoms with Crippen LogP contribution in [0.5, 0.6) is 0 Å². The quantitative estimate of drug-likeness (QED) is 0.195. The Bertz CT molecular complexity index is 643. The Labute approximate surface area is 190 Å². The smallest absolute Gasteiger partial charge is 0.309 e. The first-order valence-corrected chi connectivity index (χ1v) is 10.9. The predicted octanol–water partition coefficient (Wildman–Crippen LogP) is 0.0127. The number of carbonyl (C=O) groups excluding carboxylic acids is 2. The molecule has 2 heterocycles. The summed E-state index contributed by atoms with van der Waals surface area (Å²) in [5.74, 6) is -5.29. The number of Topliss-reactive ketones (excluding diaryl/α,β-unsaturated/α-hetero) is 1. The van der Waals surface area contributed by atoms with Gasteiger partial charge in [0, 0.05) is 39.1 Å². The van der Waals surface area contributed by atoms with Gasteiger partial charge in [-0.05, 0) is 12.8 Å². The van der Waals surface area contributed by atoms with Crippen molar-refractivity contribution in [3.8, 4) is 0 Å². The van der Waals surface area contributed by atoms with Gasteiger partial charge >= 0.3 is 17.9 Å². The average molecular weight is 476 g/mol. The van der Waals surface area contributed by atoms with Crippen LogP contribution in [-0.4, -0.2) is 94.1 Å². The SMILES string of the molecule is O=C(O)CC1(O)CC(=O)OC(CCOCCCOCCC2CC(=O)CC(O)(CC(=O)O)O2)C1. The molecule has 0 saturated carbocycles. The number of hydrogen-bond donors (Lipinski definition) is 4. The second-order valence-electron chi connectivity index (χ2n) is 8.62. The van der Waals surface area contributed by atoms with E-state index in [1.807, 2.05) is 0 Å². The summed E-state index contributed by atoms with van der Waals surface area (Å²) in [6, 6.07) is 0. The highest BCUT2D eigenvalue weighted by molar-refractivity contribution is 5.81. The predicted molar refractivity (Wildman–Crippen MR) is 108 cm³/mol. The number of rotatable bonds is 14. The van der Waals surface area contributed by atoms with Crippen molar-refractivity contribution in [2.75, 3.05) is 26.4 Å². The van der Waals surface area contributed by atoms with Gasteiger partial charge in [-0.3, -0.25) is 19.2 Å². The van der Waals surface area contributed by atoms with E-state index in [2.05, 4.69) is 0 Å². The number of esters is 1. The highest BCUT2D eigenvalue weighted by Gasteiger charge is 2.42. The van der Waals surface area contributed by atoms with Crippen LogP contribution in [-0.2, 0) is 38.1 Å². The first-order chi connectivity index (χ1) is 15.5. The van der Waals surface area contributed by atoms with Crippen LogP contribution in [0.1, 0.15) is 57.8 Å². The number of carbonyl (C=O) groups is 4. The zero-order chi connectivity index (χ0) is 24.5. The van der Waals surface area contributed by atoms with Crippen molar-refractivity contribution in [3.63, 3.8) is 0 Å². The number of ketones is 1. The Hall–Kier alpha value is -2.12. The second kappa shape index (κ2) is 12.4. The molecule has 12 heteroatoms. The summed E-state index contributed by atoms with van der Waals surface area (Å²) >= 11 is 0. The van der Waals surface area contributed by atoms with E-state index in [0.29, 0.717) is 32.5 Å². The first-order valence-electron chi connectivity index (χ1n) is 10.9. The summed E-state index contributed by atoms with van der Waals surface area (Å²) in [6.07, 6.45) is -1.69. The summed E-state index contributed by atoms with van der Waals surface area (Å²) in [5.41, 5.74) is -1.60. The third kappa shape index (κ3) is 10.1. The molecule has 188 valence electrons. The van der Waals surface area contributed by atoms with Gasteiger partial charge in [-0.15, -0.1) is 0 Å². The summed E-state index contributed by atoms with van der Waals surface area (Å²) in [5, 5.41) is 38.1.